The zero-order chi connectivity index (χ0) is 22.5. The molecule has 0 saturated carbocycles. The average molecular weight is 565 g/mol. The molecular weight excluding hydrogens is 535 g/mol. The smallest absolute Gasteiger partial charge is 0.232 e. The highest BCUT2D eigenvalue weighted by atomic mass is 127. The minimum Gasteiger partial charge on any atom is -0.371 e. The lowest BCUT2D eigenvalue weighted by molar-refractivity contribution is -0.129. The Balaban J connectivity index is 1.70. The molecule has 2 aromatic rings. The molecule has 4 rings (SSSR count). The summed E-state index contributed by atoms with van der Waals surface area (Å²) in [6.45, 7) is 10.4. The van der Waals surface area contributed by atoms with Gasteiger partial charge in [0.15, 0.2) is 0 Å². The Labute approximate surface area is 203 Å². The van der Waals surface area contributed by atoms with Crippen molar-refractivity contribution in [2.45, 2.75) is 45.3 Å². The molecule has 4 nitrogen and oxygen atoms in total. The highest BCUT2D eigenvalue weighted by molar-refractivity contribution is 14.1. The van der Waals surface area contributed by atoms with Crippen LogP contribution in [0.2, 0.25) is 0 Å². The minimum absolute atomic E-state index is 0.0349. The van der Waals surface area contributed by atoms with Crippen molar-refractivity contribution in [2.75, 3.05) is 22.9 Å². The van der Waals surface area contributed by atoms with Crippen LogP contribution >= 0.6 is 41.1 Å². The molecule has 31 heavy (non-hydrogen) atoms. The van der Waals surface area contributed by atoms with E-state index in [-0.39, 0.29) is 23.0 Å². The van der Waals surface area contributed by atoms with Crippen molar-refractivity contribution < 1.29 is 4.79 Å². The van der Waals surface area contributed by atoms with E-state index in [9.17, 15) is 4.79 Å². The van der Waals surface area contributed by atoms with Gasteiger partial charge in [0.1, 0.15) is 0 Å². The van der Waals surface area contributed by atoms with Crippen molar-refractivity contribution in [3.8, 4) is 0 Å². The number of aryl methyl sites for hydroxylation is 1. The van der Waals surface area contributed by atoms with E-state index >= 15 is 0 Å². The molecule has 164 valence electrons. The van der Waals surface area contributed by atoms with Crippen LogP contribution < -0.4 is 15.1 Å². The Morgan fingerprint density at radius 2 is 2.00 bits per heavy atom. The maximum atomic E-state index is 12.9. The van der Waals surface area contributed by atoms with E-state index in [0.717, 1.165) is 30.0 Å². The molecule has 2 aromatic carbocycles. The van der Waals surface area contributed by atoms with E-state index in [1.807, 2.05) is 43.9 Å². The Morgan fingerprint density at radius 3 is 2.61 bits per heavy atom. The fourth-order valence-electron chi connectivity index (χ4n) is 4.65. The molecule has 1 amide bonds. The standard InChI is InChI=1S/C24H30IN3OP2/c1-5-26-19-11-16(7-6-14(19)2)28-22(15(3)23(28)29)21-18(25)10-17(12-20(21)30)27-9-8-24(4,31)13-27/h5-7,10-12,15,22H,8-9,13,30-31H2,1-4H3/b26-5-/t15-,22-,24?/m1/s1. The topological polar surface area (TPSA) is 35.9 Å². The van der Waals surface area contributed by atoms with Crippen LogP contribution in [0.15, 0.2) is 35.3 Å². The third-order valence-electron chi connectivity index (χ3n) is 6.43. The summed E-state index contributed by atoms with van der Waals surface area (Å²) in [5.41, 5.74) is 5.44. The van der Waals surface area contributed by atoms with Crippen molar-refractivity contribution in [1.82, 2.24) is 0 Å². The van der Waals surface area contributed by atoms with E-state index in [2.05, 4.69) is 70.0 Å². The van der Waals surface area contributed by atoms with Gasteiger partial charge in [-0.2, -0.15) is 0 Å². The first kappa shape index (κ1) is 23.1. The molecule has 0 aliphatic carbocycles. The van der Waals surface area contributed by atoms with Crippen molar-refractivity contribution >= 4 is 75.6 Å². The summed E-state index contributed by atoms with van der Waals surface area (Å²) in [6.07, 6.45) is 2.98. The van der Waals surface area contributed by atoms with Crippen LogP contribution in [0.1, 0.15) is 44.4 Å². The van der Waals surface area contributed by atoms with Gasteiger partial charge in [-0.25, -0.2) is 0 Å². The molecule has 2 aliphatic heterocycles. The second-order valence-corrected chi connectivity index (χ2v) is 12.2. The third kappa shape index (κ3) is 4.30. The first-order valence-corrected chi connectivity index (χ1v) is 12.9. The fourth-order valence-corrected chi connectivity index (χ4v) is 6.74. The van der Waals surface area contributed by atoms with E-state index in [4.69, 9.17) is 0 Å². The van der Waals surface area contributed by atoms with Crippen LogP contribution in [-0.4, -0.2) is 30.4 Å². The number of carbonyl (C=O) groups is 1. The molecule has 7 heteroatoms. The summed E-state index contributed by atoms with van der Waals surface area (Å²) in [4.78, 5) is 21.8. The molecule has 2 saturated heterocycles. The van der Waals surface area contributed by atoms with Gasteiger partial charge in [-0.3, -0.25) is 9.79 Å². The van der Waals surface area contributed by atoms with Crippen molar-refractivity contribution in [3.05, 3.63) is 45.0 Å². The number of hydrogen-bond donors (Lipinski definition) is 0. The minimum atomic E-state index is -0.0415. The number of amides is 1. The first-order chi connectivity index (χ1) is 14.6. The SMILES string of the molecule is C/C=N\c1cc(N2C(=O)[C@H](C)[C@@H]2c2c(P)cc(N3CCC(C)(P)C3)cc2I)ccc1C. The van der Waals surface area contributed by atoms with Gasteiger partial charge in [0.2, 0.25) is 5.91 Å². The Morgan fingerprint density at radius 1 is 1.26 bits per heavy atom. The number of carbonyl (C=O) groups excluding carboxylic acids is 1. The van der Waals surface area contributed by atoms with Gasteiger partial charge in [-0.05, 0) is 83.6 Å². The third-order valence-corrected chi connectivity index (χ3v) is 8.27. The Bertz CT molecular complexity index is 1050. The van der Waals surface area contributed by atoms with Gasteiger partial charge in [-0.15, -0.1) is 18.5 Å². The first-order valence-electron chi connectivity index (χ1n) is 10.7. The van der Waals surface area contributed by atoms with Gasteiger partial charge >= 0.3 is 0 Å². The maximum absolute atomic E-state index is 12.9. The number of halogens is 1. The van der Waals surface area contributed by atoms with Crippen LogP contribution in [0.25, 0.3) is 0 Å². The molecule has 2 aliphatic rings. The summed E-state index contributed by atoms with van der Waals surface area (Å²) < 4.78 is 1.21. The Kier molecular flexibility index (Phi) is 6.51. The summed E-state index contributed by atoms with van der Waals surface area (Å²) in [7, 11) is 5.93. The number of rotatable bonds is 4. The normalized spacial score (nSPS) is 26.1. The molecule has 3 unspecified atom stereocenters. The predicted octanol–water partition coefficient (Wildman–Crippen LogP) is 5.39. The van der Waals surface area contributed by atoms with E-state index < -0.39 is 0 Å². The van der Waals surface area contributed by atoms with E-state index in [1.54, 1.807) is 6.21 Å². The fraction of sp³-hybridized carbons (Fsp3) is 0.417. The number of hydrogen-bond acceptors (Lipinski definition) is 3. The van der Waals surface area contributed by atoms with Crippen LogP contribution in [0.3, 0.4) is 0 Å². The number of anilines is 2. The number of nitrogens with zero attached hydrogens (tertiary/aromatic N) is 3. The summed E-state index contributed by atoms with van der Waals surface area (Å²) >= 11 is 2.44. The summed E-state index contributed by atoms with van der Waals surface area (Å²) in [5.74, 6) is 0.128. The zero-order valence-electron chi connectivity index (χ0n) is 18.5. The molecule has 5 atom stereocenters. The monoisotopic (exact) mass is 565 g/mol. The molecule has 2 fully saturated rings. The van der Waals surface area contributed by atoms with E-state index in [0.29, 0.717) is 0 Å². The molecule has 2 heterocycles. The second-order valence-electron chi connectivity index (χ2n) is 9.06. The Hall–Kier alpha value is -1.03. The van der Waals surface area contributed by atoms with Gasteiger partial charge in [0, 0.05) is 39.4 Å². The van der Waals surface area contributed by atoms with Gasteiger partial charge in [-0.1, -0.05) is 19.9 Å². The lowest BCUT2D eigenvalue weighted by Gasteiger charge is -2.47. The number of benzene rings is 2. The van der Waals surface area contributed by atoms with Gasteiger partial charge in [0.25, 0.3) is 0 Å². The van der Waals surface area contributed by atoms with Crippen molar-refractivity contribution in [1.29, 1.82) is 0 Å². The quantitative estimate of drug-likeness (QED) is 0.216. The van der Waals surface area contributed by atoms with Crippen molar-refractivity contribution in [2.24, 2.45) is 10.9 Å². The van der Waals surface area contributed by atoms with Crippen molar-refractivity contribution in [3.63, 3.8) is 0 Å². The van der Waals surface area contributed by atoms with E-state index in [1.165, 1.54) is 26.5 Å². The second kappa shape index (κ2) is 8.72. The highest BCUT2D eigenvalue weighted by Crippen LogP contribution is 2.46. The number of aliphatic imine (C=N–C) groups is 1. The largest absolute Gasteiger partial charge is 0.371 e. The molecular formula is C24H30IN3OP2. The molecule has 0 N–H and O–H groups in total. The average Bonchev–Trinajstić information content (AvgIpc) is 3.08. The zero-order valence-corrected chi connectivity index (χ0v) is 23.0. The predicted molar refractivity (Wildman–Crippen MR) is 148 cm³/mol. The molecule has 0 aromatic heterocycles. The van der Waals surface area contributed by atoms with Crippen LogP contribution in [0.4, 0.5) is 17.1 Å². The van der Waals surface area contributed by atoms with Crippen LogP contribution in [0, 0.1) is 16.4 Å². The summed E-state index contributed by atoms with van der Waals surface area (Å²) in [6, 6.07) is 10.7. The lowest BCUT2D eigenvalue weighted by Crippen LogP contribution is -2.55. The number of β-lactam (4-membered cyclic amide) rings is 1. The maximum Gasteiger partial charge on any atom is 0.232 e. The molecule has 0 spiro atoms. The summed E-state index contributed by atoms with van der Waals surface area (Å²) in [5, 5.41) is 1.45. The highest BCUT2D eigenvalue weighted by Gasteiger charge is 2.47. The van der Waals surface area contributed by atoms with Crippen LogP contribution in [-0.2, 0) is 4.79 Å². The van der Waals surface area contributed by atoms with Crippen LogP contribution in [0.5, 0.6) is 0 Å². The molecule has 0 bridgehead atoms. The van der Waals surface area contributed by atoms with Gasteiger partial charge in [0.05, 0.1) is 17.6 Å². The lowest BCUT2D eigenvalue weighted by atomic mass is 9.83. The van der Waals surface area contributed by atoms with Gasteiger partial charge < -0.3 is 9.80 Å². The molecule has 0 radical (unpaired) electrons.